The highest BCUT2D eigenvalue weighted by Gasteiger charge is 2.16. The molecule has 0 amide bonds. The first-order valence-corrected chi connectivity index (χ1v) is 5.79. The van der Waals surface area contributed by atoms with Gasteiger partial charge < -0.3 is 4.74 Å². The van der Waals surface area contributed by atoms with Gasteiger partial charge in [-0.3, -0.25) is 14.9 Å². The van der Waals surface area contributed by atoms with E-state index in [4.69, 9.17) is 4.74 Å². The van der Waals surface area contributed by atoms with Crippen molar-refractivity contribution in [1.82, 2.24) is 0 Å². The molecule has 7 heteroatoms. The maximum absolute atomic E-state index is 13.7. The standard InChI is InChI=1S/C14H9F2NO4/c1-8-4-10(2-3-13(8)17(19)20)21-14-11(15)5-9(7-18)6-12(14)16/h2-7H,1H3. The van der Waals surface area contributed by atoms with Crippen molar-refractivity contribution in [2.24, 2.45) is 0 Å². The van der Waals surface area contributed by atoms with Crippen LogP contribution in [-0.4, -0.2) is 11.2 Å². The van der Waals surface area contributed by atoms with Crippen LogP contribution < -0.4 is 4.74 Å². The van der Waals surface area contributed by atoms with Crippen LogP contribution in [0.2, 0.25) is 0 Å². The Morgan fingerprint density at radius 1 is 1.19 bits per heavy atom. The largest absolute Gasteiger partial charge is 0.451 e. The quantitative estimate of drug-likeness (QED) is 0.488. The SMILES string of the molecule is Cc1cc(Oc2c(F)cc(C=O)cc2F)ccc1[N+](=O)[O-]. The number of halogens is 2. The van der Waals surface area contributed by atoms with Crippen molar-refractivity contribution in [1.29, 1.82) is 0 Å². The van der Waals surface area contributed by atoms with Crippen molar-refractivity contribution >= 4 is 12.0 Å². The number of nitro groups is 1. The van der Waals surface area contributed by atoms with Crippen molar-refractivity contribution in [2.45, 2.75) is 6.92 Å². The summed E-state index contributed by atoms with van der Waals surface area (Å²) in [4.78, 5) is 20.6. The summed E-state index contributed by atoms with van der Waals surface area (Å²) in [6, 6.07) is 5.38. The van der Waals surface area contributed by atoms with Gasteiger partial charge in [-0.05, 0) is 31.2 Å². The van der Waals surface area contributed by atoms with Gasteiger partial charge in [0.15, 0.2) is 17.4 Å². The van der Waals surface area contributed by atoms with E-state index < -0.39 is 22.3 Å². The van der Waals surface area contributed by atoms with Gasteiger partial charge in [-0.2, -0.15) is 0 Å². The second-order valence-corrected chi connectivity index (χ2v) is 4.24. The molecular weight excluding hydrogens is 284 g/mol. The lowest BCUT2D eigenvalue weighted by atomic mass is 10.2. The Morgan fingerprint density at radius 2 is 1.81 bits per heavy atom. The maximum atomic E-state index is 13.7. The molecule has 21 heavy (non-hydrogen) atoms. The maximum Gasteiger partial charge on any atom is 0.272 e. The van der Waals surface area contributed by atoms with E-state index in [0.717, 1.165) is 12.1 Å². The van der Waals surface area contributed by atoms with Gasteiger partial charge in [-0.1, -0.05) is 0 Å². The van der Waals surface area contributed by atoms with Gasteiger partial charge >= 0.3 is 0 Å². The van der Waals surface area contributed by atoms with Gasteiger partial charge in [0.2, 0.25) is 0 Å². The Labute approximate surface area is 117 Å². The molecule has 0 aromatic heterocycles. The second kappa shape index (κ2) is 5.66. The fourth-order valence-corrected chi connectivity index (χ4v) is 1.76. The topological polar surface area (TPSA) is 69.4 Å². The Bertz CT molecular complexity index is 708. The summed E-state index contributed by atoms with van der Waals surface area (Å²) < 4.78 is 32.4. The van der Waals surface area contributed by atoms with Crippen molar-refractivity contribution < 1.29 is 23.2 Å². The van der Waals surface area contributed by atoms with Crippen molar-refractivity contribution in [3.63, 3.8) is 0 Å². The van der Waals surface area contributed by atoms with Crippen LogP contribution in [0.1, 0.15) is 15.9 Å². The Morgan fingerprint density at radius 3 is 2.29 bits per heavy atom. The zero-order chi connectivity index (χ0) is 15.6. The average Bonchev–Trinajstić information content (AvgIpc) is 2.42. The number of benzene rings is 2. The predicted octanol–water partition coefficient (Wildman–Crippen LogP) is 3.79. The summed E-state index contributed by atoms with van der Waals surface area (Å²) in [5.74, 6) is -2.69. The van der Waals surface area contributed by atoms with Gasteiger partial charge in [0.1, 0.15) is 12.0 Å². The number of nitrogens with zero attached hydrogens (tertiary/aromatic N) is 1. The summed E-state index contributed by atoms with van der Waals surface area (Å²) in [5, 5.41) is 10.7. The van der Waals surface area contributed by atoms with E-state index in [1.54, 1.807) is 0 Å². The number of carbonyl (C=O) groups is 1. The van der Waals surface area contributed by atoms with E-state index >= 15 is 0 Å². The highest BCUT2D eigenvalue weighted by molar-refractivity contribution is 5.75. The smallest absolute Gasteiger partial charge is 0.272 e. The number of aryl methyl sites for hydroxylation is 1. The molecule has 2 aromatic carbocycles. The molecule has 0 aliphatic rings. The minimum atomic E-state index is -1.03. The summed E-state index contributed by atoms with van der Waals surface area (Å²) >= 11 is 0. The monoisotopic (exact) mass is 293 g/mol. The number of ether oxygens (including phenoxy) is 1. The molecule has 0 heterocycles. The van der Waals surface area contributed by atoms with Gasteiger partial charge in [-0.15, -0.1) is 0 Å². The first-order valence-electron chi connectivity index (χ1n) is 5.79. The first kappa shape index (κ1) is 14.6. The molecule has 0 radical (unpaired) electrons. The zero-order valence-corrected chi connectivity index (χ0v) is 10.8. The third kappa shape index (κ3) is 3.02. The highest BCUT2D eigenvalue weighted by Crippen LogP contribution is 2.31. The minimum Gasteiger partial charge on any atom is -0.451 e. The first-order chi connectivity index (χ1) is 9.92. The van der Waals surface area contributed by atoms with Crippen LogP contribution in [-0.2, 0) is 0 Å². The number of carbonyl (C=O) groups excluding carboxylic acids is 1. The third-order valence-corrected chi connectivity index (χ3v) is 2.74. The summed E-state index contributed by atoms with van der Waals surface area (Å²) in [7, 11) is 0. The molecule has 0 spiro atoms. The molecule has 0 N–H and O–H groups in total. The average molecular weight is 293 g/mol. The van der Waals surface area contributed by atoms with E-state index in [9.17, 15) is 23.7 Å². The van der Waals surface area contributed by atoms with Crippen LogP contribution >= 0.6 is 0 Å². The van der Waals surface area contributed by atoms with Gasteiger partial charge in [0.05, 0.1) is 4.92 Å². The van der Waals surface area contributed by atoms with E-state index in [-0.39, 0.29) is 17.0 Å². The lowest BCUT2D eigenvalue weighted by molar-refractivity contribution is -0.385. The number of rotatable bonds is 4. The molecule has 0 aliphatic carbocycles. The van der Waals surface area contributed by atoms with Gasteiger partial charge in [0, 0.05) is 17.2 Å². The molecule has 2 rings (SSSR count). The van der Waals surface area contributed by atoms with E-state index in [0.29, 0.717) is 11.8 Å². The Balaban J connectivity index is 2.37. The van der Waals surface area contributed by atoms with Crippen molar-refractivity contribution in [3.05, 3.63) is 63.2 Å². The van der Waals surface area contributed by atoms with Crippen LogP contribution in [0.25, 0.3) is 0 Å². The van der Waals surface area contributed by atoms with Gasteiger partial charge in [0.25, 0.3) is 5.69 Å². The molecule has 0 aliphatic heterocycles. The number of hydrogen-bond donors (Lipinski definition) is 0. The molecule has 2 aromatic rings. The van der Waals surface area contributed by atoms with Crippen LogP contribution in [0.4, 0.5) is 14.5 Å². The normalized spacial score (nSPS) is 10.2. The summed E-state index contributed by atoms with van der Waals surface area (Å²) in [6.45, 7) is 1.48. The lowest BCUT2D eigenvalue weighted by Crippen LogP contribution is -1.97. The lowest BCUT2D eigenvalue weighted by Gasteiger charge is -2.09. The summed E-state index contributed by atoms with van der Waals surface area (Å²) in [5.41, 5.74) is 0.0136. The fraction of sp³-hybridized carbons (Fsp3) is 0.0714. The minimum absolute atomic E-state index is 0.0507. The fourth-order valence-electron chi connectivity index (χ4n) is 1.76. The molecule has 0 saturated heterocycles. The number of nitro benzene ring substituents is 1. The van der Waals surface area contributed by atoms with Crippen LogP contribution in [0.15, 0.2) is 30.3 Å². The van der Waals surface area contributed by atoms with Crippen LogP contribution in [0.5, 0.6) is 11.5 Å². The zero-order valence-electron chi connectivity index (χ0n) is 10.8. The van der Waals surface area contributed by atoms with E-state index in [1.165, 1.54) is 25.1 Å². The molecule has 0 bridgehead atoms. The summed E-state index contributed by atoms with van der Waals surface area (Å²) in [6.07, 6.45) is 0.311. The van der Waals surface area contributed by atoms with Crippen molar-refractivity contribution in [3.8, 4) is 11.5 Å². The van der Waals surface area contributed by atoms with Crippen molar-refractivity contribution in [2.75, 3.05) is 0 Å². The molecule has 0 unspecified atom stereocenters. The van der Waals surface area contributed by atoms with E-state index in [2.05, 4.69) is 0 Å². The number of hydrogen-bond acceptors (Lipinski definition) is 4. The predicted molar refractivity (Wildman–Crippen MR) is 69.7 cm³/mol. The Kier molecular flexibility index (Phi) is 3.93. The number of aldehydes is 1. The Hall–Kier alpha value is -2.83. The second-order valence-electron chi connectivity index (χ2n) is 4.24. The molecule has 5 nitrogen and oxygen atoms in total. The molecule has 0 saturated carbocycles. The van der Waals surface area contributed by atoms with E-state index in [1.807, 2.05) is 0 Å². The molecule has 0 atom stereocenters. The third-order valence-electron chi connectivity index (χ3n) is 2.74. The highest BCUT2D eigenvalue weighted by atomic mass is 19.1. The van der Waals surface area contributed by atoms with Gasteiger partial charge in [-0.25, -0.2) is 8.78 Å². The molecular formula is C14H9F2NO4. The van der Waals surface area contributed by atoms with Crippen LogP contribution in [0.3, 0.4) is 0 Å². The molecule has 108 valence electrons. The molecule has 0 fully saturated rings. The van der Waals surface area contributed by atoms with Crippen LogP contribution in [0, 0.1) is 28.7 Å².